The van der Waals surface area contributed by atoms with Crippen molar-refractivity contribution in [1.82, 2.24) is 15.1 Å². The van der Waals surface area contributed by atoms with E-state index in [0.29, 0.717) is 13.1 Å². The van der Waals surface area contributed by atoms with Crippen LogP contribution in [0.2, 0.25) is 0 Å². The van der Waals surface area contributed by atoms with Gasteiger partial charge in [-0.15, -0.1) is 0 Å². The van der Waals surface area contributed by atoms with Crippen molar-refractivity contribution in [3.8, 4) is 0 Å². The Labute approximate surface area is 126 Å². The zero-order valence-electron chi connectivity index (χ0n) is 13.6. The normalized spacial score (nSPS) is 21.4. The van der Waals surface area contributed by atoms with Gasteiger partial charge in [-0.1, -0.05) is 20.8 Å². The summed E-state index contributed by atoms with van der Waals surface area (Å²) in [6.07, 6.45) is -1.88. The molecule has 1 fully saturated rings. The summed E-state index contributed by atoms with van der Waals surface area (Å²) in [6, 6.07) is 0. The first kappa shape index (κ1) is 18.7. The summed E-state index contributed by atoms with van der Waals surface area (Å²) in [6.45, 7) is 11.3. The van der Waals surface area contributed by atoms with E-state index in [9.17, 15) is 13.2 Å². The summed E-state index contributed by atoms with van der Waals surface area (Å²) >= 11 is 0. The molecule has 0 aromatic carbocycles. The maximum absolute atomic E-state index is 12.4. The highest BCUT2D eigenvalue weighted by Crippen LogP contribution is 2.23. The van der Waals surface area contributed by atoms with E-state index < -0.39 is 12.7 Å². The van der Waals surface area contributed by atoms with Crippen LogP contribution < -0.4 is 5.32 Å². The van der Waals surface area contributed by atoms with Crippen LogP contribution in [0, 0.1) is 5.41 Å². The van der Waals surface area contributed by atoms with E-state index in [2.05, 4.69) is 31.0 Å². The lowest BCUT2D eigenvalue weighted by molar-refractivity contribution is -0.149. The summed E-state index contributed by atoms with van der Waals surface area (Å²) in [7, 11) is 0. The fraction of sp³-hybridized carbons (Fsp3) is 1.00. The van der Waals surface area contributed by atoms with Gasteiger partial charge in [0.25, 0.3) is 0 Å². The second-order valence-electron chi connectivity index (χ2n) is 6.51. The van der Waals surface area contributed by atoms with Crippen LogP contribution in [0.5, 0.6) is 0 Å². The highest BCUT2D eigenvalue weighted by atomic mass is 19.4. The molecular formula is C15H30F3N3. The van der Waals surface area contributed by atoms with Crippen LogP contribution in [-0.2, 0) is 0 Å². The highest BCUT2D eigenvalue weighted by Gasteiger charge is 2.33. The second kappa shape index (κ2) is 8.34. The summed E-state index contributed by atoms with van der Waals surface area (Å²) in [5, 5.41) is 3.47. The largest absolute Gasteiger partial charge is 0.401 e. The molecule has 1 rings (SSSR count). The van der Waals surface area contributed by atoms with E-state index in [1.54, 1.807) is 0 Å². The lowest BCUT2D eigenvalue weighted by Gasteiger charge is -2.40. The SMILES string of the molecule is CCCNCC(C)(CC)CN1CCN(CC(F)(F)F)CC1. The van der Waals surface area contributed by atoms with Gasteiger partial charge in [-0.2, -0.15) is 13.2 Å². The van der Waals surface area contributed by atoms with Crippen LogP contribution in [0.4, 0.5) is 13.2 Å². The van der Waals surface area contributed by atoms with E-state index in [0.717, 1.165) is 45.6 Å². The van der Waals surface area contributed by atoms with Crippen molar-refractivity contribution < 1.29 is 13.2 Å². The van der Waals surface area contributed by atoms with Crippen molar-refractivity contribution >= 4 is 0 Å². The Morgan fingerprint density at radius 3 is 1.90 bits per heavy atom. The maximum atomic E-state index is 12.4. The smallest absolute Gasteiger partial charge is 0.316 e. The van der Waals surface area contributed by atoms with Crippen molar-refractivity contribution in [2.45, 2.75) is 39.8 Å². The van der Waals surface area contributed by atoms with Gasteiger partial charge in [-0.05, 0) is 24.8 Å². The molecule has 0 radical (unpaired) electrons. The van der Waals surface area contributed by atoms with Crippen molar-refractivity contribution in [2.24, 2.45) is 5.41 Å². The molecule has 0 spiro atoms. The molecule has 0 aliphatic carbocycles. The molecule has 1 aliphatic heterocycles. The molecule has 0 saturated carbocycles. The maximum Gasteiger partial charge on any atom is 0.401 e. The highest BCUT2D eigenvalue weighted by molar-refractivity contribution is 4.83. The average molecular weight is 309 g/mol. The van der Waals surface area contributed by atoms with Gasteiger partial charge in [0.1, 0.15) is 0 Å². The minimum Gasteiger partial charge on any atom is -0.316 e. The van der Waals surface area contributed by atoms with Crippen molar-refractivity contribution in [1.29, 1.82) is 0 Å². The van der Waals surface area contributed by atoms with E-state index >= 15 is 0 Å². The zero-order valence-corrected chi connectivity index (χ0v) is 13.6. The topological polar surface area (TPSA) is 18.5 Å². The molecule has 3 nitrogen and oxygen atoms in total. The molecule has 126 valence electrons. The Morgan fingerprint density at radius 2 is 1.48 bits per heavy atom. The number of nitrogens with zero attached hydrogens (tertiary/aromatic N) is 2. The first-order valence-corrected chi connectivity index (χ1v) is 8.00. The summed E-state index contributed by atoms with van der Waals surface area (Å²) in [5.41, 5.74) is 0.196. The molecule has 0 bridgehead atoms. The van der Waals surface area contributed by atoms with Gasteiger partial charge in [-0.3, -0.25) is 4.90 Å². The molecule has 6 heteroatoms. The van der Waals surface area contributed by atoms with Crippen LogP contribution in [0.25, 0.3) is 0 Å². The van der Waals surface area contributed by atoms with Gasteiger partial charge in [0.2, 0.25) is 0 Å². The molecular weight excluding hydrogens is 279 g/mol. The lowest BCUT2D eigenvalue weighted by Crippen LogP contribution is -2.52. The predicted molar refractivity (Wildman–Crippen MR) is 80.5 cm³/mol. The molecule has 1 atom stereocenters. The number of nitrogens with one attached hydrogen (secondary N) is 1. The Morgan fingerprint density at radius 1 is 0.952 bits per heavy atom. The molecule has 0 amide bonds. The number of hydrogen-bond acceptors (Lipinski definition) is 3. The van der Waals surface area contributed by atoms with Gasteiger partial charge in [0.15, 0.2) is 0 Å². The fourth-order valence-electron chi connectivity index (χ4n) is 2.76. The molecule has 0 aromatic heterocycles. The van der Waals surface area contributed by atoms with E-state index in [4.69, 9.17) is 0 Å². The molecule has 21 heavy (non-hydrogen) atoms. The van der Waals surface area contributed by atoms with Gasteiger partial charge < -0.3 is 10.2 Å². The van der Waals surface area contributed by atoms with Crippen LogP contribution in [-0.4, -0.2) is 68.3 Å². The minimum absolute atomic E-state index is 0.196. The van der Waals surface area contributed by atoms with Gasteiger partial charge >= 0.3 is 6.18 Å². The first-order chi connectivity index (χ1) is 9.78. The molecule has 1 heterocycles. The summed E-state index contributed by atoms with van der Waals surface area (Å²) < 4.78 is 37.1. The summed E-state index contributed by atoms with van der Waals surface area (Å²) in [5.74, 6) is 0. The minimum atomic E-state index is -4.08. The van der Waals surface area contributed by atoms with Gasteiger partial charge in [-0.25, -0.2) is 0 Å². The standard InChI is InChI=1S/C15H30F3N3/c1-4-6-19-11-14(3,5-2)12-20-7-9-21(10-8-20)13-15(16,17)18/h19H,4-13H2,1-3H3. The zero-order chi connectivity index (χ0) is 15.9. The molecule has 1 unspecified atom stereocenters. The number of hydrogen-bond donors (Lipinski definition) is 1. The average Bonchev–Trinajstić information content (AvgIpc) is 2.40. The number of halogens is 3. The third-order valence-corrected chi connectivity index (χ3v) is 4.31. The Hall–Kier alpha value is -0.330. The van der Waals surface area contributed by atoms with Crippen molar-refractivity contribution in [3.63, 3.8) is 0 Å². The van der Waals surface area contributed by atoms with Crippen LogP contribution in [0.1, 0.15) is 33.6 Å². The van der Waals surface area contributed by atoms with Gasteiger partial charge in [0.05, 0.1) is 6.54 Å². The van der Waals surface area contributed by atoms with Gasteiger partial charge in [0, 0.05) is 39.3 Å². The third kappa shape index (κ3) is 7.47. The van der Waals surface area contributed by atoms with E-state index in [1.165, 1.54) is 4.90 Å². The fourth-order valence-corrected chi connectivity index (χ4v) is 2.76. The molecule has 1 N–H and O–H groups in total. The first-order valence-electron chi connectivity index (χ1n) is 8.00. The van der Waals surface area contributed by atoms with E-state index in [-0.39, 0.29) is 5.41 Å². The lowest BCUT2D eigenvalue weighted by atomic mass is 9.86. The number of rotatable bonds is 8. The predicted octanol–water partition coefficient (Wildman–Crippen LogP) is 2.58. The number of piperazine rings is 1. The monoisotopic (exact) mass is 309 g/mol. The second-order valence-corrected chi connectivity index (χ2v) is 6.51. The van der Waals surface area contributed by atoms with Crippen LogP contribution in [0.3, 0.4) is 0 Å². The Kier molecular flexibility index (Phi) is 7.44. The molecule has 0 aromatic rings. The Bertz CT molecular complexity index is 288. The molecule has 1 saturated heterocycles. The Balaban J connectivity index is 2.35. The number of alkyl halides is 3. The van der Waals surface area contributed by atoms with Crippen molar-refractivity contribution in [3.05, 3.63) is 0 Å². The third-order valence-electron chi connectivity index (χ3n) is 4.31. The molecule has 1 aliphatic rings. The van der Waals surface area contributed by atoms with Crippen molar-refractivity contribution in [2.75, 3.05) is 52.4 Å². The van der Waals surface area contributed by atoms with Crippen LogP contribution >= 0.6 is 0 Å². The van der Waals surface area contributed by atoms with E-state index in [1.807, 2.05) is 0 Å². The summed E-state index contributed by atoms with van der Waals surface area (Å²) in [4.78, 5) is 3.82. The van der Waals surface area contributed by atoms with Crippen LogP contribution in [0.15, 0.2) is 0 Å². The quantitative estimate of drug-likeness (QED) is 0.695.